The van der Waals surface area contributed by atoms with Crippen molar-refractivity contribution in [1.29, 1.82) is 0 Å². The van der Waals surface area contributed by atoms with Crippen LogP contribution in [0.2, 0.25) is 0 Å². The molecule has 0 saturated carbocycles. The highest BCUT2D eigenvalue weighted by atomic mass is 19.4. The van der Waals surface area contributed by atoms with Gasteiger partial charge in [0.1, 0.15) is 6.04 Å². The summed E-state index contributed by atoms with van der Waals surface area (Å²) in [6.07, 6.45) is -3.96. The topological polar surface area (TPSA) is 91.1 Å². The number of carbonyl (C=O) groups is 1. The van der Waals surface area contributed by atoms with E-state index in [0.29, 0.717) is 16.8 Å². The van der Waals surface area contributed by atoms with Crippen LogP contribution in [0, 0.1) is 0 Å². The van der Waals surface area contributed by atoms with Gasteiger partial charge in [0, 0.05) is 18.8 Å². The third kappa shape index (κ3) is 3.31. The van der Waals surface area contributed by atoms with Crippen LogP contribution < -0.4 is 17.0 Å². The van der Waals surface area contributed by atoms with Gasteiger partial charge < -0.3 is 16.0 Å². The molecule has 0 aromatic carbocycles. The number of hydrogen-bond donors (Lipinski definition) is 2. The number of nitrogens with zero attached hydrogens (tertiary/aromatic N) is 1. The summed E-state index contributed by atoms with van der Waals surface area (Å²) in [7, 11) is 0. The largest absolute Gasteiger partial charge is 0.417 e. The van der Waals surface area contributed by atoms with E-state index < -0.39 is 35.8 Å². The third-order valence-electron chi connectivity index (χ3n) is 2.07. The van der Waals surface area contributed by atoms with Crippen molar-refractivity contribution in [2.45, 2.75) is 18.8 Å². The molecule has 1 heterocycles. The Kier molecular flexibility index (Phi) is 3.56. The van der Waals surface area contributed by atoms with Crippen LogP contribution in [0.3, 0.4) is 0 Å². The number of halogens is 3. The second kappa shape index (κ2) is 4.58. The molecule has 0 fully saturated rings. The van der Waals surface area contributed by atoms with Crippen LogP contribution in [0.15, 0.2) is 23.1 Å². The number of nitrogens with two attached hydrogens (primary N) is 2. The number of rotatable bonds is 3. The Balaban J connectivity index is 3.08. The predicted octanol–water partition coefficient (Wildman–Crippen LogP) is -0.320. The molecule has 0 aliphatic carbocycles. The van der Waals surface area contributed by atoms with Crippen LogP contribution in [0.1, 0.15) is 5.56 Å². The van der Waals surface area contributed by atoms with Gasteiger partial charge in [0.25, 0.3) is 5.56 Å². The second-order valence-corrected chi connectivity index (χ2v) is 3.41. The summed E-state index contributed by atoms with van der Waals surface area (Å²) in [4.78, 5) is 21.9. The summed E-state index contributed by atoms with van der Waals surface area (Å²) in [5, 5.41) is 0. The molecular formula is C9H10F3N3O2. The maximum absolute atomic E-state index is 12.4. The molecule has 0 aliphatic rings. The first-order valence-corrected chi connectivity index (χ1v) is 4.54. The van der Waals surface area contributed by atoms with Gasteiger partial charge in [0.15, 0.2) is 0 Å². The van der Waals surface area contributed by atoms with Crippen molar-refractivity contribution in [3.8, 4) is 0 Å². The summed E-state index contributed by atoms with van der Waals surface area (Å²) in [6, 6.07) is 0.210. The molecule has 0 bridgehead atoms. The van der Waals surface area contributed by atoms with Crippen LogP contribution >= 0.6 is 0 Å². The molecule has 0 radical (unpaired) electrons. The molecule has 0 spiro atoms. The second-order valence-electron chi connectivity index (χ2n) is 3.41. The van der Waals surface area contributed by atoms with E-state index in [-0.39, 0.29) is 0 Å². The van der Waals surface area contributed by atoms with Gasteiger partial charge >= 0.3 is 6.18 Å². The van der Waals surface area contributed by atoms with E-state index in [4.69, 9.17) is 11.5 Å². The lowest BCUT2D eigenvalue weighted by Crippen LogP contribution is -2.42. The fourth-order valence-corrected chi connectivity index (χ4v) is 1.14. The minimum Gasteiger partial charge on any atom is -0.368 e. The average molecular weight is 249 g/mol. The summed E-state index contributed by atoms with van der Waals surface area (Å²) < 4.78 is 37.8. The maximum Gasteiger partial charge on any atom is 0.417 e. The van der Waals surface area contributed by atoms with Gasteiger partial charge in [-0.05, 0) is 6.07 Å². The highest BCUT2D eigenvalue weighted by Crippen LogP contribution is 2.27. The van der Waals surface area contributed by atoms with Crippen LogP contribution in [0.25, 0.3) is 0 Å². The highest BCUT2D eigenvalue weighted by Gasteiger charge is 2.31. The molecule has 5 nitrogen and oxygen atoms in total. The lowest BCUT2D eigenvalue weighted by molar-refractivity contribution is -0.138. The van der Waals surface area contributed by atoms with Gasteiger partial charge in [-0.1, -0.05) is 0 Å². The quantitative estimate of drug-likeness (QED) is 0.769. The fraction of sp³-hybridized carbons (Fsp3) is 0.333. The Morgan fingerprint density at radius 3 is 2.47 bits per heavy atom. The van der Waals surface area contributed by atoms with Crippen molar-refractivity contribution < 1.29 is 18.0 Å². The Hall–Kier alpha value is -1.83. The Labute approximate surface area is 93.8 Å². The first kappa shape index (κ1) is 13.2. The summed E-state index contributed by atoms with van der Waals surface area (Å²) in [6.45, 7) is -0.391. The van der Waals surface area contributed by atoms with E-state index in [9.17, 15) is 22.8 Å². The zero-order valence-electron chi connectivity index (χ0n) is 8.57. The lowest BCUT2D eigenvalue weighted by Gasteiger charge is -2.12. The van der Waals surface area contributed by atoms with Crippen LogP contribution in [0.4, 0.5) is 13.2 Å². The number of amides is 1. The highest BCUT2D eigenvalue weighted by molar-refractivity contribution is 5.79. The molecule has 1 unspecified atom stereocenters. The molecule has 0 saturated heterocycles. The molecule has 94 valence electrons. The fourth-order valence-electron chi connectivity index (χ4n) is 1.14. The third-order valence-corrected chi connectivity index (χ3v) is 2.07. The van der Waals surface area contributed by atoms with E-state index in [1.807, 2.05) is 0 Å². The summed E-state index contributed by atoms with van der Waals surface area (Å²) >= 11 is 0. The van der Waals surface area contributed by atoms with Crippen LogP contribution in [-0.2, 0) is 17.5 Å². The van der Waals surface area contributed by atoms with E-state index >= 15 is 0 Å². The van der Waals surface area contributed by atoms with Gasteiger partial charge in [-0.3, -0.25) is 9.59 Å². The van der Waals surface area contributed by atoms with Gasteiger partial charge in [-0.15, -0.1) is 0 Å². The first-order chi connectivity index (χ1) is 7.71. The number of carbonyl (C=O) groups excluding carboxylic acids is 1. The summed E-state index contributed by atoms with van der Waals surface area (Å²) in [5.41, 5.74) is 8.44. The normalized spacial score (nSPS) is 13.4. The van der Waals surface area contributed by atoms with E-state index in [1.165, 1.54) is 0 Å². The molecule has 1 atom stereocenters. The number of hydrogen-bond acceptors (Lipinski definition) is 3. The number of alkyl halides is 3. The van der Waals surface area contributed by atoms with Gasteiger partial charge in [-0.2, -0.15) is 13.2 Å². The van der Waals surface area contributed by atoms with Crippen molar-refractivity contribution in [3.05, 3.63) is 34.2 Å². The number of pyridine rings is 1. The van der Waals surface area contributed by atoms with Crippen molar-refractivity contribution in [2.75, 3.05) is 0 Å². The lowest BCUT2D eigenvalue weighted by atomic mass is 10.2. The number of aromatic nitrogens is 1. The smallest absolute Gasteiger partial charge is 0.368 e. The monoisotopic (exact) mass is 249 g/mol. The minimum absolute atomic E-state index is 0.391. The molecule has 0 aliphatic heterocycles. The number of primary amides is 1. The Bertz CT molecular complexity index is 481. The average Bonchev–Trinajstić information content (AvgIpc) is 2.19. The first-order valence-electron chi connectivity index (χ1n) is 4.54. The Morgan fingerprint density at radius 1 is 1.41 bits per heavy atom. The predicted molar refractivity (Wildman–Crippen MR) is 52.9 cm³/mol. The molecule has 1 rings (SSSR count). The SMILES string of the molecule is NC(=O)C(N)Cn1cc(C(F)(F)F)ccc1=O. The molecule has 8 heteroatoms. The zero-order chi connectivity index (χ0) is 13.2. The molecule has 1 amide bonds. The van der Waals surface area contributed by atoms with E-state index in [2.05, 4.69) is 0 Å². The maximum atomic E-state index is 12.4. The molecule has 1 aromatic heterocycles. The Morgan fingerprint density at radius 2 is 2.00 bits per heavy atom. The standard InChI is InChI=1S/C9H10F3N3O2/c10-9(11,12)5-1-2-7(16)15(3-5)4-6(13)8(14)17/h1-3,6H,4,13H2,(H2,14,17). The molecule has 4 N–H and O–H groups in total. The minimum atomic E-state index is -4.56. The van der Waals surface area contributed by atoms with Crippen molar-refractivity contribution in [1.82, 2.24) is 4.57 Å². The zero-order valence-corrected chi connectivity index (χ0v) is 8.57. The van der Waals surface area contributed by atoms with Gasteiger partial charge in [0.05, 0.1) is 5.56 Å². The van der Waals surface area contributed by atoms with Gasteiger partial charge in [-0.25, -0.2) is 0 Å². The van der Waals surface area contributed by atoms with E-state index in [0.717, 1.165) is 6.07 Å². The van der Waals surface area contributed by atoms with Crippen LogP contribution in [0.5, 0.6) is 0 Å². The molecule has 17 heavy (non-hydrogen) atoms. The van der Waals surface area contributed by atoms with Crippen molar-refractivity contribution >= 4 is 5.91 Å². The summed E-state index contributed by atoms with van der Waals surface area (Å²) in [5.74, 6) is -0.894. The van der Waals surface area contributed by atoms with Crippen LogP contribution in [-0.4, -0.2) is 16.5 Å². The van der Waals surface area contributed by atoms with Crippen molar-refractivity contribution in [2.24, 2.45) is 11.5 Å². The van der Waals surface area contributed by atoms with Gasteiger partial charge in [0.2, 0.25) is 5.91 Å². The van der Waals surface area contributed by atoms with E-state index in [1.54, 1.807) is 0 Å². The molecule has 1 aromatic rings. The van der Waals surface area contributed by atoms with Crippen molar-refractivity contribution in [3.63, 3.8) is 0 Å². The molecular weight excluding hydrogens is 239 g/mol.